The number of nitrogens with one attached hydrogen (secondary N) is 1. The van der Waals surface area contributed by atoms with Crippen molar-refractivity contribution in [1.82, 2.24) is 39.7 Å². The van der Waals surface area contributed by atoms with Crippen LogP contribution in [0, 0.1) is 0 Å². The number of fused-ring (bicyclic) bond motifs is 1. The molecule has 0 spiro atoms. The summed E-state index contributed by atoms with van der Waals surface area (Å²) in [5.41, 5.74) is 7.98. The van der Waals surface area contributed by atoms with Crippen LogP contribution in [-0.2, 0) is 17.7 Å². The third kappa shape index (κ3) is 4.41. The number of nitrogens with zero attached hydrogens (tertiary/aromatic N) is 8. The van der Waals surface area contributed by atoms with E-state index in [0.717, 1.165) is 11.3 Å². The molecule has 0 bridgehead atoms. The van der Waals surface area contributed by atoms with Gasteiger partial charge in [0.25, 0.3) is 0 Å². The van der Waals surface area contributed by atoms with E-state index in [0.29, 0.717) is 30.1 Å². The lowest BCUT2D eigenvalue weighted by molar-refractivity contribution is -0.0384. The number of benzene rings is 1. The Hall–Kier alpha value is -3.88. The first-order chi connectivity index (χ1) is 17.4. The molecule has 5 atom stereocenters. The highest BCUT2D eigenvalue weighted by atomic mass is 16.6. The number of ether oxygens (including phenoxy) is 2. The van der Waals surface area contributed by atoms with Crippen molar-refractivity contribution in [3.63, 3.8) is 0 Å². The molecule has 3 aromatic heterocycles. The fraction of sp³-hybridized carbons (Fsp3) is 0.455. The molecule has 14 nitrogen and oxygen atoms in total. The number of hydrogen-bond acceptors (Lipinski definition) is 12. The minimum atomic E-state index is -1.29. The standard InChI is InChI=1S/C22H28N10O4/c1-4-32-29-19(28-30-32)17-15(33)16(34)21(36-17)31-10-24-14-18(23)26-22(27-20(14)31)25-11(2)9-12-5-7-13(35-3)8-6-12/h5-8,10-11,15-17,21,33-34H,4,9H2,1-3H3,(H3,23,25,26,27)/t11?,15-,16+,17-,21+/m0/s1. The minimum Gasteiger partial charge on any atom is -0.497 e. The zero-order valence-corrected chi connectivity index (χ0v) is 20.1. The number of nitrogen functional groups attached to an aromatic ring is 1. The van der Waals surface area contributed by atoms with Crippen LogP contribution >= 0.6 is 0 Å². The predicted octanol–water partition coefficient (Wildman–Crippen LogP) is 0.458. The largest absolute Gasteiger partial charge is 0.497 e. The van der Waals surface area contributed by atoms with Gasteiger partial charge in [-0.1, -0.05) is 12.1 Å². The van der Waals surface area contributed by atoms with Gasteiger partial charge in [0.1, 0.15) is 23.5 Å². The average molecular weight is 497 g/mol. The quantitative estimate of drug-likeness (QED) is 0.264. The van der Waals surface area contributed by atoms with E-state index < -0.39 is 24.5 Å². The highest BCUT2D eigenvalue weighted by Crippen LogP contribution is 2.38. The number of hydrogen-bond donors (Lipinski definition) is 4. The molecule has 5 rings (SSSR count). The fourth-order valence-corrected chi connectivity index (χ4v) is 4.18. The molecule has 1 aromatic carbocycles. The van der Waals surface area contributed by atoms with Gasteiger partial charge < -0.3 is 30.7 Å². The zero-order valence-electron chi connectivity index (χ0n) is 20.1. The first-order valence-corrected chi connectivity index (χ1v) is 11.6. The van der Waals surface area contributed by atoms with Crippen LogP contribution in [0.1, 0.15) is 37.6 Å². The summed E-state index contributed by atoms with van der Waals surface area (Å²) in [5, 5.41) is 36.7. The Morgan fingerprint density at radius 2 is 1.97 bits per heavy atom. The molecule has 5 N–H and O–H groups in total. The first kappa shape index (κ1) is 23.8. The number of rotatable bonds is 8. The van der Waals surface area contributed by atoms with Crippen LogP contribution in [0.5, 0.6) is 5.75 Å². The SMILES string of the molecule is CCn1nnc([C@H]2O[C@@H](n3cnc4c(N)nc(NC(C)Cc5ccc(OC)cc5)nc43)[C@H](O)[C@@H]2O)n1. The Morgan fingerprint density at radius 3 is 2.67 bits per heavy atom. The van der Waals surface area contributed by atoms with Crippen molar-refractivity contribution in [1.29, 1.82) is 0 Å². The molecule has 0 saturated carbocycles. The maximum absolute atomic E-state index is 10.8. The number of aryl methyl sites for hydroxylation is 1. The van der Waals surface area contributed by atoms with Gasteiger partial charge in [-0.25, -0.2) is 4.98 Å². The lowest BCUT2D eigenvalue weighted by Crippen LogP contribution is -2.29. The van der Waals surface area contributed by atoms with Crippen molar-refractivity contribution in [2.24, 2.45) is 0 Å². The Bertz CT molecular complexity index is 1340. The summed E-state index contributed by atoms with van der Waals surface area (Å²) in [4.78, 5) is 14.6. The number of methoxy groups -OCH3 is 1. The van der Waals surface area contributed by atoms with E-state index in [1.807, 2.05) is 38.1 Å². The molecule has 0 amide bonds. The topological polar surface area (TPSA) is 184 Å². The average Bonchev–Trinajstić information content (AvgIpc) is 3.58. The minimum absolute atomic E-state index is 0.0154. The predicted molar refractivity (Wildman–Crippen MR) is 128 cm³/mol. The lowest BCUT2D eigenvalue weighted by Gasteiger charge is -2.18. The fourth-order valence-electron chi connectivity index (χ4n) is 4.18. The van der Waals surface area contributed by atoms with Gasteiger partial charge in [-0.05, 0) is 43.2 Å². The molecule has 14 heteroatoms. The summed E-state index contributed by atoms with van der Waals surface area (Å²) in [6.07, 6.45) is -2.37. The van der Waals surface area contributed by atoms with E-state index in [-0.39, 0.29) is 17.7 Å². The lowest BCUT2D eigenvalue weighted by atomic mass is 10.1. The highest BCUT2D eigenvalue weighted by molar-refractivity contribution is 5.83. The second kappa shape index (κ2) is 9.64. The Kier molecular flexibility index (Phi) is 6.38. The molecule has 1 aliphatic heterocycles. The third-order valence-corrected chi connectivity index (χ3v) is 6.04. The van der Waals surface area contributed by atoms with Crippen LogP contribution in [-0.4, -0.2) is 75.3 Å². The molecule has 1 unspecified atom stereocenters. The van der Waals surface area contributed by atoms with Gasteiger partial charge in [-0.3, -0.25) is 4.57 Å². The summed E-state index contributed by atoms with van der Waals surface area (Å²) in [6.45, 7) is 4.38. The Balaban J connectivity index is 1.37. The van der Waals surface area contributed by atoms with Gasteiger partial charge in [0.15, 0.2) is 23.8 Å². The first-order valence-electron chi connectivity index (χ1n) is 11.6. The van der Waals surface area contributed by atoms with E-state index in [1.54, 1.807) is 7.11 Å². The van der Waals surface area contributed by atoms with Crippen LogP contribution < -0.4 is 15.8 Å². The second-order valence-corrected chi connectivity index (χ2v) is 8.62. The normalized spacial score (nSPS) is 22.7. The van der Waals surface area contributed by atoms with Crippen molar-refractivity contribution < 1.29 is 19.7 Å². The molecular formula is C22H28N10O4. The van der Waals surface area contributed by atoms with Gasteiger partial charge in [-0.15, -0.1) is 10.2 Å². The molecule has 190 valence electrons. The van der Waals surface area contributed by atoms with Crippen LogP contribution in [0.3, 0.4) is 0 Å². The van der Waals surface area contributed by atoms with E-state index >= 15 is 0 Å². The highest BCUT2D eigenvalue weighted by Gasteiger charge is 2.47. The van der Waals surface area contributed by atoms with Crippen LogP contribution in [0.25, 0.3) is 11.2 Å². The summed E-state index contributed by atoms with van der Waals surface area (Å²) in [7, 11) is 1.63. The maximum Gasteiger partial charge on any atom is 0.226 e. The van der Waals surface area contributed by atoms with Crippen molar-refractivity contribution in [3.05, 3.63) is 42.0 Å². The molecule has 4 aromatic rings. The maximum atomic E-state index is 10.8. The van der Waals surface area contributed by atoms with Crippen LogP contribution in [0.2, 0.25) is 0 Å². The number of aromatic nitrogens is 8. The van der Waals surface area contributed by atoms with Gasteiger partial charge >= 0.3 is 0 Å². The number of aliphatic hydroxyl groups is 2. The van der Waals surface area contributed by atoms with Crippen molar-refractivity contribution >= 4 is 22.9 Å². The monoisotopic (exact) mass is 496 g/mol. The van der Waals surface area contributed by atoms with Crippen molar-refractivity contribution in [3.8, 4) is 5.75 Å². The molecule has 0 radical (unpaired) electrons. The van der Waals surface area contributed by atoms with Gasteiger partial charge in [0.05, 0.1) is 20.0 Å². The second-order valence-electron chi connectivity index (χ2n) is 8.62. The molecular weight excluding hydrogens is 468 g/mol. The van der Waals surface area contributed by atoms with Gasteiger partial charge in [0, 0.05) is 6.04 Å². The van der Waals surface area contributed by atoms with Gasteiger partial charge in [0.2, 0.25) is 11.8 Å². The number of imidazole rings is 1. The van der Waals surface area contributed by atoms with E-state index in [4.69, 9.17) is 15.2 Å². The molecule has 1 fully saturated rings. The molecule has 1 saturated heterocycles. The smallest absolute Gasteiger partial charge is 0.226 e. The van der Waals surface area contributed by atoms with Crippen molar-refractivity contribution in [2.75, 3.05) is 18.2 Å². The molecule has 36 heavy (non-hydrogen) atoms. The summed E-state index contributed by atoms with van der Waals surface area (Å²) in [6, 6.07) is 7.80. The van der Waals surface area contributed by atoms with E-state index in [1.165, 1.54) is 15.7 Å². The van der Waals surface area contributed by atoms with Crippen LogP contribution in [0.4, 0.5) is 11.8 Å². The third-order valence-electron chi connectivity index (χ3n) is 6.04. The molecule has 1 aliphatic rings. The van der Waals surface area contributed by atoms with Crippen molar-refractivity contribution in [2.45, 2.75) is 57.4 Å². The number of anilines is 2. The van der Waals surface area contributed by atoms with Crippen LogP contribution in [0.15, 0.2) is 30.6 Å². The van der Waals surface area contributed by atoms with E-state index in [2.05, 4.69) is 35.7 Å². The number of tetrazole rings is 1. The summed E-state index contributed by atoms with van der Waals surface area (Å²) < 4.78 is 12.7. The summed E-state index contributed by atoms with van der Waals surface area (Å²) in [5.74, 6) is 1.46. The van der Waals surface area contributed by atoms with Gasteiger partial charge in [-0.2, -0.15) is 14.8 Å². The molecule has 0 aliphatic carbocycles. The van der Waals surface area contributed by atoms with E-state index in [9.17, 15) is 10.2 Å². The Morgan fingerprint density at radius 1 is 1.19 bits per heavy atom. The Labute approximate surface area is 206 Å². The molecule has 4 heterocycles. The summed E-state index contributed by atoms with van der Waals surface area (Å²) >= 11 is 0. The zero-order chi connectivity index (χ0) is 25.4. The number of nitrogens with two attached hydrogens (primary N) is 1. The number of aliphatic hydroxyl groups excluding tert-OH is 2.